The molecule has 1 aromatic carbocycles. The molecule has 0 spiro atoms. The normalized spacial score (nSPS) is 17.5. The second-order valence-electron chi connectivity index (χ2n) is 5.72. The van der Waals surface area contributed by atoms with Gasteiger partial charge in [-0.1, -0.05) is 23.4 Å². The molecule has 3 rings (SSSR count). The van der Waals surface area contributed by atoms with E-state index in [-0.39, 0.29) is 4.90 Å². The van der Waals surface area contributed by atoms with Gasteiger partial charge in [-0.25, -0.2) is 8.42 Å². The summed E-state index contributed by atoms with van der Waals surface area (Å²) in [5, 5.41) is 7.72. The standard InChI is InChI=1S/C16H19N3O3S2/c1-18(2)8-9-22-17-16-12-6-4-5-7-14(12)19(3)24(20,21)15-11-23-10-13(15)16/h4-7,10-11H,8-9H2,1-3H3/b17-16+. The lowest BCUT2D eigenvalue weighted by molar-refractivity contribution is 0.126. The van der Waals surface area contributed by atoms with E-state index in [0.717, 1.165) is 12.1 Å². The Balaban J connectivity index is 2.12. The Morgan fingerprint density at radius 3 is 2.71 bits per heavy atom. The lowest BCUT2D eigenvalue weighted by atomic mass is 10.0. The number of likely N-dealkylation sites (N-methyl/N-ethyl adjacent to an activating group) is 1. The van der Waals surface area contributed by atoms with Crippen LogP contribution in [0.5, 0.6) is 0 Å². The minimum Gasteiger partial charge on any atom is -0.394 e. The third-order valence-corrected chi connectivity index (χ3v) is 6.51. The Morgan fingerprint density at radius 1 is 1.21 bits per heavy atom. The van der Waals surface area contributed by atoms with Crippen molar-refractivity contribution >= 4 is 32.8 Å². The highest BCUT2D eigenvalue weighted by molar-refractivity contribution is 7.93. The molecule has 0 unspecified atom stereocenters. The fourth-order valence-electron chi connectivity index (χ4n) is 2.46. The van der Waals surface area contributed by atoms with E-state index in [0.29, 0.717) is 23.6 Å². The summed E-state index contributed by atoms with van der Waals surface area (Å²) in [5.74, 6) is 0. The number of sulfonamides is 1. The Kier molecular flexibility index (Phi) is 4.62. The molecule has 24 heavy (non-hydrogen) atoms. The summed E-state index contributed by atoms with van der Waals surface area (Å²) in [7, 11) is 1.86. The Hall–Kier alpha value is -1.90. The summed E-state index contributed by atoms with van der Waals surface area (Å²) in [6, 6.07) is 7.32. The average Bonchev–Trinajstić information content (AvgIpc) is 3.02. The van der Waals surface area contributed by atoms with Crippen molar-refractivity contribution in [3.63, 3.8) is 0 Å². The minimum absolute atomic E-state index is 0.265. The molecule has 0 fully saturated rings. The molecule has 6 nitrogen and oxygen atoms in total. The van der Waals surface area contributed by atoms with Gasteiger partial charge < -0.3 is 9.74 Å². The summed E-state index contributed by atoms with van der Waals surface area (Å²) in [6.07, 6.45) is 0. The predicted octanol–water partition coefficient (Wildman–Crippen LogP) is 2.22. The zero-order valence-electron chi connectivity index (χ0n) is 13.8. The molecule has 8 heteroatoms. The molecule has 0 atom stereocenters. The number of para-hydroxylation sites is 1. The molecule has 0 saturated carbocycles. The summed E-state index contributed by atoms with van der Waals surface area (Å²) in [5.41, 5.74) is 2.47. The minimum atomic E-state index is -3.61. The van der Waals surface area contributed by atoms with Crippen molar-refractivity contribution in [2.45, 2.75) is 4.90 Å². The fraction of sp³-hybridized carbons (Fsp3) is 0.312. The number of anilines is 1. The maximum atomic E-state index is 12.8. The first-order valence-corrected chi connectivity index (χ1v) is 9.81. The third-order valence-electron chi connectivity index (χ3n) is 3.80. The first-order chi connectivity index (χ1) is 11.4. The molecular weight excluding hydrogens is 346 g/mol. The van der Waals surface area contributed by atoms with Gasteiger partial charge in [0.05, 0.1) is 5.69 Å². The molecule has 1 aliphatic heterocycles. The molecule has 0 bridgehead atoms. The summed E-state index contributed by atoms with van der Waals surface area (Å²) in [4.78, 5) is 7.72. The highest BCUT2D eigenvalue weighted by Gasteiger charge is 2.33. The Bertz CT molecular complexity index is 872. The molecular formula is C16H19N3O3S2. The molecule has 0 radical (unpaired) electrons. The average molecular weight is 365 g/mol. The largest absolute Gasteiger partial charge is 0.394 e. The van der Waals surface area contributed by atoms with Gasteiger partial charge in [-0.15, -0.1) is 0 Å². The third kappa shape index (κ3) is 2.92. The molecule has 0 amide bonds. The zero-order chi connectivity index (χ0) is 17.3. The summed E-state index contributed by atoms with van der Waals surface area (Å²) in [6.45, 7) is 1.16. The number of nitrogens with zero attached hydrogens (tertiary/aromatic N) is 3. The molecule has 0 N–H and O–H groups in total. The number of rotatable bonds is 4. The number of fused-ring (bicyclic) bond motifs is 2. The lowest BCUT2D eigenvalue weighted by Gasteiger charge is -2.18. The van der Waals surface area contributed by atoms with Crippen molar-refractivity contribution in [1.29, 1.82) is 0 Å². The van der Waals surface area contributed by atoms with E-state index in [1.165, 1.54) is 15.6 Å². The molecule has 2 heterocycles. The van der Waals surface area contributed by atoms with Crippen molar-refractivity contribution in [3.05, 3.63) is 46.2 Å². The van der Waals surface area contributed by atoms with Gasteiger partial charge >= 0.3 is 0 Å². The second-order valence-corrected chi connectivity index (χ2v) is 8.40. The van der Waals surface area contributed by atoms with Gasteiger partial charge in [0.25, 0.3) is 10.0 Å². The molecule has 0 saturated heterocycles. The van der Waals surface area contributed by atoms with Crippen LogP contribution in [0, 0.1) is 0 Å². The van der Waals surface area contributed by atoms with E-state index in [1.807, 2.05) is 37.2 Å². The van der Waals surface area contributed by atoms with Crippen LogP contribution in [0.4, 0.5) is 5.69 Å². The van der Waals surface area contributed by atoms with Gasteiger partial charge in [-0.05, 0) is 20.2 Å². The van der Waals surface area contributed by atoms with Crippen molar-refractivity contribution in [3.8, 4) is 0 Å². The van der Waals surface area contributed by atoms with E-state index in [2.05, 4.69) is 5.16 Å². The van der Waals surface area contributed by atoms with E-state index in [9.17, 15) is 8.42 Å². The molecule has 1 aromatic heterocycles. The first kappa shape index (κ1) is 16.9. The maximum absolute atomic E-state index is 12.8. The van der Waals surface area contributed by atoms with Crippen LogP contribution in [0.2, 0.25) is 0 Å². The SMILES string of the molecule is CN(C)CCO/N=C1\c2ccccc2N(C)S(=O)(=O)c2cscc21. The lowest BCUT2D eigenvalue weighted by Crippen LogP contribution is -2.26. The van der Waals surface area contributed by atoms with Crippen molar-refractivity contribution in [1.82, 2.24) is 4.90 Å². The van der Waals surface area contributed by atoms with Crippen LogP contribution in [0.1, 0.15) is 11.1 Å². The monoisotopic (exact) mass is 365 g/mol. The van der Waals surface area contributed by atoms with Crippen molar-refractivity contribution in [2.75, 3.05) is 38.6 Å². The number of hydrogen-bond donors (Lipinski definition) is 0. The molecule has 2 aromatic rings. The highest BCUT2D eigenvalue weighted by Crippen LogP contribution is 2.36. The zero-order valence-corrected chi connectivity index (χ0v) is 15.4. The van der Waals surface area contributed by atoms with Gasteiger partial charge in [0.15, 0.2) is 0 Å². The van der Waals surface area contributed by atoms with E-state index in [1.54, 1.807) is 23.9 Å². The first-order valence-electron chi connectivity index (χ1n) is 7.42. The second kappa shape index (κ2) is 6.54. The summed E-state index contributed by atoms with van der Waals surface area (Å²) >= 11 is 1.34. The van der Waals surface area contributed by atoms with Crippen LogP contribution in [0.15, 0.2) is 45.1 Å². The number of thiophene rings is 1. The van der Waals surface area contributed by atoms with Crippen LogP contribution in [0.3, 0.4) is 0 Å². The smallest absolute Gasteiger partial charge is 0.265 e. The quantitative estimate of drug-likeness (QED) is 0.616. The van der Waals surface area contributed by atoms with Gasteiger partial charge in [0.2, 0.25) is 0 Å². The van der Waals surface area contributed by atoms with Crippen LogP contribution in [-0.4, -0.2) is 53.3 Å². The fourth-order valence-corrected chi connectivity index (χ4v) is 5.03. The van der Waals surface area contributed by atoms with Gasteiger partial charge in [-0.2, -0.15) is 11.3 Å². The predicted molar refractivity (Wildman–Crippen MR) is 96.5 cm³/mol. The molecule has 0 aliphatic carbocycles. The van der Waals surface area contributed by atoms with Crippen LogP contribution in [0.25, 0.3) is 0 Å². The van der Waals surface area contributed by atoms with Crippen molar-refractivity contribution < 1.29 is 13.3 Å². The number of benzene rings is 1. The van der Waals surface area contributed by atoms with E-state index >= 15 is 0 Å². The Morgan fingerprint density at radius 2 is 1.96 bits per heavy atom. The summed E-state index contributed by atoms with van der Waals surface area (Å²) < 4.78 is 27.0. The van der Waals surface area contributed by atoms with Crippen LogP contribution in [-0.2, 0) is 14.9 Å². The highest BCUT2D eigenvalue weighted by atomic mass is 32.2. The van der Waals surface area contributed by atoms with Crippen molar-refractivity contribution in [2.24, 2.45) is 5.16 Å². The Labute approximate surface area is 146 Å². The number of oxime groups is 1. The van der Waals surface area contributed by atoms with Gasteiger partial charge in [-0.3, -0.25) is 4.31 Å². The number of hydrogen-bond acceptors (Lipinski definition) is 6. The van der Waals surface area contributed by atoms with Crippen LogP contribution < -0.4 is 4.31 Å². The topological polar surface area (TPSA) is 62.2 Å². The van der Waals surface area contributed by atoms with Gasteiger partial charge in [0, 0.05) is 35.5 Å². The van der Waals surface area contributed by atoms with Crippen LogP contribution >= 0.6 is 11.3 Å². The van der Waals surface area contributed by atoms with E-state index < -0.39 is 10.0 Å². The van der Waals surface area contributed by atoms with Gasteiger partial charge in [0.1, 0.15) is 17.2 Å². The molecule has 1 aliphatic rings. The van der Waals surface area contributed by atoms with E-state index in [4.69, 9.17) is 4.84 Å². The maximum Gasteiger partial charge on any atom is 0.265 e. The molecule has 128 valence electrons.